The van der Waals surface area contributed by atoms with E-state index < -0.39 is 22.1 Å². The van der Waals surface area contributed by atoms with Crippen LogP contribution in [0, 0.1) is 6.92 Å². The largest absolute Gasteiger partial charge is 0.449 e. The third-order valence-corrected chi connectivity index (χ3v) is 4.43. The second-order valence-corrected chi connectivity index (χ2v) is 6.50. The number of carbonyl (C=O) groups is 1. The minimum atomic E-state index is -3.64. The molecule has 1 aromatic heterocycles. The number of ether oxygens (including phenoxy) is 1. The van der Waals surface area contributed by atoms with E-state index in [0.717, 1.165) is 0 Å². The van der Waals surface area contributed by atoms with Crippen LogP contribution in [0.15, 0.2) is 33.6 Å². The third-order valence-electron chi connectivity index (χ3n) is 2.89. The first-order valence-corrected chi connectivity index (χ1v) is 8.42. The number of esters is 1. The molecular formula is C14H17N3O5S. The van der Waals surface area contributed by atoms with Gasteiger partial charge in [-0.05, 0) is 25.1 Å². The number of benzene rings is 1. The van der Waals surface area contributed by atoms with Gasteiger partial charge in [-0.15, -0.1) is 10.2 Å². The molecule has 0 saturated carbocycles. The zero-order chi connectivity index (χ0) is 17.0. The Hall–Kier alpha value is -2.26. The number of aromatic nitrogens is 2. The maximum absolute atomic E-state index is 12.1. The summed E-state index contributed by atoms with van der Waals surface area (Å²) >= 11 is 0. The predicted molar refractivity (Wildman–Crippen MR) is 80.2 cm³/mol. The minimum Gasteiger partial charge on any atom is -0.449 e. The molecule has 2 rings (SSSR count). The van der Waals surface area contributed by atoms with Crippen molar-refractivity contribution in [3.8, 4) is 0 Å². The number of sulfonamides is 1. The van der Waals surface area contributed by atoms with Crippen molar-refractivity contribution in [3.63, 3.8) is 0 Å². The highest BCUT2D eigenvalue weighted by Crippen LogP contribution is 2.18. The fourth-order valence-corrected chi connectivity index (χ4v) is 2.91. The van der Waals surface area contributed by atoms with E-state index in [4.69, 9.17) is 9.15 Å². The lowest BCUT2D eigenvalue weighted by Crippen LogP contribution is -2.23. The number of nitrogens with zero attached hydrogens (tertiary/aromatic N) is 2. The molecule has 0 radical (unpaired) electrons. The highest BCUT2D eigenvalue weighted by atomic mass is 32.2. The fourth-order valence-electron chi connectivity index (χ4n) is 1.82. The number of nitrogens with one attached hydrogen (secondary N) is 1. The molecule has 0 spiro atoms. The van der Waals surface area contributed by atoms with Crippen LogP contribution in [0.2, 0.25) is 0 Å². The van der Waals surface area contributed by atoms with E-state index in [9.17, 15) is 13.2 Å². The lowest BCUT2D eigenvalue weighted by molar-refractivity contribution is 0.0276. The molecule has 0 bridgehead atoms. The maximum Gasteiger partial charge on any atom is 0.338 e. The van der Waals surface area contributed by atoms with Crippen LogP contribution in [0.5, 0.6) is 0 Å². The molecule has 1 heterocycles. The van der Waals surface area contributed by atoms with E-state index in [1.807, 2.05) is 0 Å². The minimum absolute atomic E-state index is 0.00455. The summed E-state index contributed by atoms with van der Waals surface area (Å²) in [6.07, 6.45) is -0.738. The van der Waals surface area contributed by atoms with Crippen LogP contribution in [0.4, 0.5) is 0 Å². The van der Waals surface area contributed by atoms with Gasteiger partial charge in [-0.3, -0.25) is 0 Å². The Bertz CT molecular complexity index is 800. The van der Waals surface area contributed by atoms with Crippen molar-refractivity contribution in [2.45, 2.75) is 31.8 Å². The standard InChI is InChI=1S/C14H17N3O5S/c1-4-15-23(19,20)12-7-5-6-11(8-12)14(18)21-9(2)13-17-16-10(3)22-13/h5-9,15H,4H2,1-3H3/t9-/m0/s1. The van der Waals surface area contributed by atoms with Crippen LogP contribution in [0.25, 0.3) is 0 Å². The second kappa shape index (κ2) is 6.88. The summed E-state index contributed by atoms with van der Waals surface area (Å²) in [5.41, 5.74) is 0.118. The van der Waals surface area contributed by atoms with Crippen molar-refractivity contribution >= 4 is 16.0 Å². The van der Waals surface area contributed by atoms with E-state index >= 15 is 0 Å². The van der Waals surface area contributed by atoms with Crippen LogP contribution < -0.4 is 4.72 Å². The Morgan fingerprint density at radius 3 is 2.74 bits per heavy atom. The van der Waals surface area contributed by atoms with Crippen molar-refractivity contribution in [1.82, 2.24) is 14.9 Å². The topological polar surface area (TPSA) is 111 Å². The Kier molecular flexibility index (Phi) is 5.12. The summed E-state index contributed by atoms with van der Waals surface area (Å²) in [6, 6.07) is 5.60. The van der Waals surface area contributed by atoms with Gasteiger partial charge in [-0.25, -0.2) is 17.9 Å². The molecule has 0 amide bonds. The summed E-state index contributed by atoms with van der Waals surface area (Å²) < 4.78 is 36.7. The lowest BCUT2D eigenvalue weighted by atomic mass is 10.2. The van der Waals surface area contributed by atoms with Crippen molar-refractivity contribution in [2.24, 2.45) is 0 Å². The molecule has 0 unspecified atom stereocenters. The molecule has 0 aliphatic carbocycles. The molecule has 2 aromatic rings. The van der Waals surface area contributed by atoms with Crippen molar-refractivity contribution < 1.29 is 22.4 Å². The summed E-state index contributed by atoms with van der Waals surface area (Å²) in [7, 11) is -3.64. The van der Waals surface area contributed by atoms with E-state index in [0.29, 0.717) is 5.89 Å². The summed E-state index contributed by atoms with van der Waals surface area (Å²) in [6.45, 7) is 5.14. The molecule has 9 heteroatoms. The first kappa shape index (κ1) is 17.1. The van der Waals surface area contributed by atoms with Crippen LogP contribution >= 0.6 is 0 Å². The quantitative estimate of drug-likeness (QED) is 0.795. The molecule has 8 nitrogen and oxygen atoms in total. The molecule has 0 fully saturated rings. The van der Waals surface area contributed by atoms with Crippen LogP contribution in [0.3, 0.4) is 0 Å². The van der Waals surface area contributed by atoms with Gasteiger partial charge in [0.25, 0.3) is 5.89 Å². The van der Waals surface area contributed by atoms with Gasteiger partial charge in [-0.2, -0.15) is 0 Å². The van der Waals surface area contributed by atoms with Crippen LogP contribution in [-0.4, -0.2) is 31.1 Å². The molecule has 0 saturated heterocycles. The van der Waals surface area contributed by atoms with Gasteiger partial charge in [0, 0.05) is 13.5 Å². The summed E-state index contributed by atoms with van der Waals surface area (Å²) in [5.74, 6) is -0.143. The number of rotatable bonds is 6. The first-order chi connectivity index (χ1) is 10.8. The summed E-state index contributed by atoms with van der Waals surface area (Å²) in [4.78, 5) is 12.1. The third kappa shape index (κ3) is 4.14. The fraction of sp³-hybridized carbons (Fsp3) is 0.357. The first-order valence-electron chi connectivity index (χ1n) is 6.94. The SMILES string of the molecule is CCNS(=O)(=O)c1cccc(C(=O)O[C@@H](C)c2nnc(C)o2)c1. The smallest absolute Gasteiger partial charge is 0.338 e. The molecule has 0 aliphatic heterocycles. The molecule has 0 aliphatic rings. The van der Waals surface area contributed by atoms with E-state index in [1.165, 1.54) is 24.3 Å². The van der Waals surface area contributed by atoms with Gasteiger partial charge < -0.3 is 9.15 Å². The number of hydrogen-bond donors (Lipinski definition) is 1. The average molecular weight is 339 g/mol. The monoisotopic (exact) mass is 339 g/mol. The molecule has 1 N–H and O–H groups in total. The average Bonchev–Trinajstić information content (AvgIpc) is 2.94. The molecule has 1 aromatic carbocycles. The number of aryl methyl sites for hydroxylation is 1. The van der Waals surface area contributed by atoms with Crippen molar-refractivity contribution in [1.29, 1.82) is 0 Å². The Morgan fingerprint density at radius 1 is 1.39 bits per heavy atom. The van der Waals surface area contributed by atoms with Gasteiger partial charge in [0.05, 0.1) is 10.5 Å². The van der Waals surface area contributed by atoms with Gasteiger partial charge >= 0.3 is 5.97 Å². The van der Waals surface area contributed by atoms with E-state index in [1.54, 1.807) is 20.8 Å². The van der Waals surface area contributed by atoms with Gasteiger partial charge in [0.1, 0.15) is 0 Å². The van der Waals surface area contributed by atoms with Gasteiger partial charge in [0.15, 0.2) is 6.10 Å². The Balaban J connectivity index is 2.17. The van der Waals surface area contributed by atoms with Crippen molar-refractivity contribution in [2.75, 3.05) is 6.54 Å². The van der Waals surface area contributed by atoms with Crippen LogP contribution in [0.1, 0.15) is 42.1 Å². The van der Waals surface area contributed by atoms with E-state index in [-0.39, 0.29) is 22.9 Å². The zero-order valence-corrected chi connectivity index (χ0v) is 13.8. The highest BCUT2D eigenvalue weighted by molar-refractivity contribution is 7.89. The normalized spacial score (nSPS) is 12.8. The molecular weight excluding hydrogens is 322 g/mol. The summed E-state index contributed by atoms with van der Waals surface area (Å²) in [5, 5.41) is 7.43. The Labute approximate surface area is 133 Å². The Morgan fingerprint density at radius 2 is 2.13 bits per heavy atom. The number of carbonyl (C=O) groups excluding carboxylic acids is 1. The maximum atomic E-state index is 12.1. The van der Waals surface area contributed by atoms with E-state index in [2.05, 4.69) is 14.9 Å². The zero-order valence-electron chi connectivity index (χ0n) is 12.9. The number of hydrogen-bond acceptors (Lipinski definition) is 7. The molecule has 23 heavy (non-hydrogen) atoms. The molecule has 124 valence electrons. The van der Waals surface area contributed by atoms with Crippen LogP contribution in [-0.2, 0) is 14.8 Å². The van der Waals surface area contributed by atoms with Crippen molar-refractivity contribution in [3.05, 3.63) is 41.6 Å². The second-order valence-electron chi connectivity index (χ2n) is 4.74. The van der Waals surface area contributed by atoms with Gasteiger partial charge in [-0.1, -0.05) is 13.0 Å². The van der Waals surface area contributed by atoms with Gasteiger partial charge in [0.2, 0.25) is 15.9 Å². The predicted octanol–water partition coefficient (Wildman–Crippen LogP) is 1.59. The molecule has 1 atom stereocenters. The highest BCUT2D eigenvalue weighted by Gasteiger charge is 2.20. The lowest BCUT2D eigenvalue weighted by Gasteiger charge is -2.10.